The first kappa shape index (κ1) is 17.0. The van der Waals surface area contributed by atoms with Crippen molar-refractivity contribution in [1.29, 1.82) is 0 Å². The van der Waals surface area contributed by atoms with Gasteiger partial charge < -0.3 is 9.84 Å². The first-order valence-corrected chi connectivity index (χ1v) is 7.51. The average molecular weight is 343 g/mol. The van der Waals surface area contributed by atoms with Gasteiger partial charge in [-0.15, -0.1) is 0 Å². The van der Waals surface area contributed by atoms with E-state index in [0.29, 0.717) is 0 Å². The number of carboxylic acid groups (broad SMARTS) is 1. The van der Waals surface area contributed by atoms with Crippen molar-refractivity contribution in [2.45, 2.75) is 47.0 Å². The van der Waals surface area contributed by atoms with Gasteiger partial charge in [-0.05, 0) is 54.9 Å². The number of aryl methyl sites for hydroxylation is 1. The maximum Gasteiger partial charge on any atom is 0.303 e. The van der Waals surface area contributed by atoms with E-state index in [2.05, 4.69) is 28.9 Å². The zero-order chi connectivity index (χ0) is 15.5. The summed E-state index contributed by atoms with van der Waals surface area (Å²) in [6, 6.07) is 2.06. The number of halogens is 1. The van der Waals surface area contributed by atoms with Gasteiger partial charge in [0.15, 0.2) is 0 Å². The summed E-state index contributed by atoms with van der Waals surface area (Å²) >= 11 is 3.57. The van der Waals surface area contributed by atoms with E-state index in [1.165, 1.54) is 5.56 Å². The van der Waals surface area contributed by atoms with Crippen LogP contribution in [-0.2, 0) is 11.2 Å². The lowest BCUT2D eigenvalue weighted by atomic mass is 9.82. The Kier molecular flexibility index (Phi) is 5.63. The molecule has 20 heavy (non-hydrogen) atoms. The molecule has 112 valence electrons. The van der Waals surface area contributed by atoms with Crippen LogP contribution < -0.4 is 4.74 Å². The monoisotopic (exact) mass is 342 g/mol. The number of rotatable bonds is 6. The highest BCUT2D eigenvalue weighted by molar-refractivity contribution is 9.10. The van der Waals surface area contributed by atoms with Crippen molar-refractivity contribution in [2.75, 3.05) is 7.11 Å². The lowest BCUT2D eigenvalue weighted by Gasteiger charge is -2.24. The number of hydrogen-bond acceptors (Lipinski definition) is 2. The number of carbonyl (C=O) groups is 1. The van der Waals surface area contributed by atoms with Crippen molar-refractivity contribution in [3.8, 4) is 5.75 Å². The van der Waals surface area contributed by atoms with Crippen LogP contribution in [0.3, 0.4) is 0 Å². The van der Waals surface area contributed by atoms with Gasteiger partial charge in [0, 0.05) is 4.47 Å². The molecule has 0 aromatic heterocycles. The third-order valence-corrected chi connectivity index (χ3v) is 4.50. The zero-order valence-electron chi connectivity index (χ0n) is 12.8. The average Bonchev–Trinajstić information content (AvgIpc) is 2.30. The first-order chi connectivity index (χ1) is 9.18. The van der Waals surface area contributed by atoms with Gasteiger partial charge in [0.1, 0.15) is 5.75 Å². The standard InChI is InChI=1S/C16H23BrO3/c1-10-8-13(17)11(2)12(15(10)20-5)6-7-16(3,4)9-14(18)19/h8H,6-7,9H2,1-5H3,(H,18,19). The summed E-state index contributed by atoms with van der Waals surface area (Å²) < 4.78 is 6.59. The van der Waals surface area contributed by atoms with E-state index in [4.69, 9.17) is 9.84 Å². The van der Waals surface area contributed by atoms with Crippen LogP contribution in [-0.4, -0.2) is 18.2 Å². The minimum Gasteiger partial charge on any atom is -0.496 e. The molecule has 1 N–H and O–H groups in total. The molecule has 1 aromatic carbocycles. The largest absolute Gasteiger partial charge is 0.496 e. The predicted molar refractivity (Wildman–Crippen MR) is 84.5 cm³/mol. The Hall–Kier alpha value is -1.03. The van der Waals surface area contributed by atoms with E-state index < -0.39 is 5.97 Å². The molecular formula is C16H23BrO3. The second-order valence-electron chi connectivity index (χ2n) is 6.05. The highest BCUT2D eigenvalue weighted by atomic mass is 79.9. The van der Waals surface area contributed by atoms with Gasteiger partial charge in [0.05, 0.1) is 13.5 Å². The van der Waals surface area contributed by atoms with E-state index in [1.54, 1.807) is 7.11 Å². The fraction of sp³-hybridized carbons (Fsp3) is 0.562. The lowest BCUT2D eigenvalue weighted by molar-refractivity contribution is -0.139. The lowest BCUT2D eigenvalue weighted by Crippen LogP contribution is -2.18. The van der Waals surface area contributed by atoms with Gasteiger partial charge >= 0.3 is 5.97 Å². The Morgan fingerprint density at radius 1 is 1.40 bits per heavy atom. The SMILES string of the molecule is COc1c(C)cc(Br)c(C)c1CCC(C)(C)CC(=O)O. The summed E-state index contributed by atoms with van der Waals surface area (Å²) in [4.78, 5) is 10.9. The summed E-state index contributed by atoms with van der Waals surface area (Å²) in [5.74, 6) is 0.168. The maximum absolute atomic E-state index is 10.9. The normalized spacial score (nSPS) is 11.5. The molecule has 0 fully saturated rings. The molecule has 3 nitrogen and oxygen atoms in total. The molecule has 0 aliphatic carbocycles. The van der Waals surface area contributed by atoms with Crippen LogP contribution in [0.5, 0.6) is 5.75 Å². The molecule has 0 atom stereocenters. The molecule has 0 aliphatic rings. The number of methoxy groups -OCH3 is 1. The summed E-state index contributed by atoms with van der Waals surface area (Å²) in [7, 11) is 1.68. The van der Waals surface area contributed by atoms with Gasteiger partial charge in [0.25, 0.3) is 0 Å². The van der Waals surface area contributed by atoms with Crippen LogP contribution in [0.1, 0.15) is 43.4 Å². The van der Waals surface area contributed by atoms with Crippen LogP contribution in [0.15, 0.2) is 10.5 Å². The third-order valence-electron chi connectivity index (χ3n) is 3.67. The highest BCUT2D eigenvalue weighted by Crippen LogP contribution is 2.36. The van der Waals surface area contributed by atoms with E-state index in [1.807, 2.05) is 20.8 Å². The van der Waals surface area contributed by atoms with Gasteiger partial charge in [-0.3, -0.25) is 4.79 Å². The number of aliphatic carboxylic acids is 1. The molecular weight excluding hydrogens is 320 g/mol. The van der Waals surface area contributed by atoms with Crippen molar-refractivity contribution in [3.63, 3.8) is 0 Å². The zero-order valence-corrected chi connectivity index (χ0v) is 14.4. The van der Waals surface area contributed by atoms with Crippen LogP contribution in [0, 0.1) is 19.3 Å². The second-order valence-corrected chi connectivity index (χ2v) is 6.90. The quantitative estimate of drug-likeness (QED) is 0.827. The van der Waals surface area contributed by atoms with Crippen molar-refractivity contribution >= 4 is 21.9 Å². The maximum atomic E-state index is 10.9. The van der Waals surface area contributed by atoms with E-state index in [0.717, 1.165) is 34.2 Å². The van der Waals surface area contributed by atoms with E-state index in [9.17, 15) is 4.79 Å². The molecule has 1 rings (SSSR count). The highest BCUT2D eigenvalue weighted by Gasteiger charge is 2.23. The Morgan fingerprint density at radius 3 is 2.50 bits per heavy atom. The summed E-state index contributed by atoms with van der Waals surface area (Å²) in [6.07, 6.45) is 1.81. The molecule has 0 radical (unpaired) electrons. The second kappa shape index (κ2) is 6.61. The van der Waals surface area contributed by atoms with E-state index >= 15 is 0 Å². The van der Waals surface area contributed by atoms with Crippen molar-refractivity contribution in [2.24, 2.45) is 5.41 Å². The van der Waals surface area contributed by atoms with Gasteiger partial charge in [-0.25, -0.2) is 0 Å². The van der Waals surface area contributed by atoms with Crippen LogP contribution in [0.2, 0.25) is 0 Å². The Bertz CT molecular complexity index is 507. The van der Waals surface area contributed by atoms with Crippen molar-refractivity contribution < 1.29 is 14.6 Å². The molecule has 4 heteroatoms. The molecule has 1 aromatic rings. The number of carboxylic acids is 1. The third kappa shape index (κ3) is 4.23. The molecule has 0 amide bonds. The van der Waals surface area contributed by atoms with E-state index in [-0.39, 0.29) is 11.8 Å². The van der Waals surface area contributed by atoms with Crippen LogP contribution >= 0.6 is 15.9 Å². The minimum absolute atomic E-state index is 0.182. The van der Waals surface area contributed by atoms with Crippen molar-refractivity contribution in [1.82, 2.24) is 0 Å². The molecule has 0 bridgehead atoms. The summed E-state index contributed by atoms with van der Waals surface area (Å²) in [5.41, 5.74) is 3.20. The fourth-order valence-corrected chi connectivity index (χ4v) is 3.05. The number of benzene rings is 1. The fourth-order valence-electron chi connectivity index (χ4n) is 2.46. The van der Waals surface area contributed by atoms with Crippen LogP contribution in [0.25, 0.3) is 0 Å². The Morgan fingerprint density at radius 2 is 2.00 bits per heavy atom. The molecule has 0 unspecified atom stereocenters. The topological polar surface area (TPSA) is 46.5 Å². The first-order valence-electron chi connectivity index (χ1n) is 6.72. The summed E-state index contributed by atoms with van der Waals surface area (Å²) in [6.45, 7) is 8.07. The minimum atomic E-state index is -0.746. The molecule has 0 saturated carbocycles. The molecule has 0 aliphatic heterocycles. The van der Waals surface area contributed by atoms with Gasteiger partial charge in [-0.2, -0.15) is 0 Å². The number of ether oxygens (including phenoxy) is 1. The van der Waals surface area contributed by atoms with Crippen molar-refractivity contribution in [3.05, 3.63) is 27.2 Å². The van der Waals surface area contributed by atoms with Gasteiger partial charge in [0.2, 0.25) is 0 Å². The molecule has 0 saturated heterocycles. The number of hydrogen-bond donors (Lipinski definition) is 1. The molecule has 0 spiro atoms. The van der Waals surface area contributed by atoms with Crippen LogP contribution in [0.4, 0.5) is 0 Å². The van der Waals surface area contributed by atoms with Gasteiger partial charge in [-0.1, -0.05) is 29.8 Å². The smallest absolute Gasteiger partial charge is 0.303 e. The Balaban J connectivity index is 3.00. The summed E-state index contributed by atoms with van der Waals surface area (Å²) in [5, 5.41) is 8.96. The predicted octanol–water partition coefficient (Wildman–Crippen LogP) is 4.51. The Labute approximate surface area is 129 Å². The molecule has 0 heterocycles.